The van der Waals surface area contributed by atoms with Crippen LogP contribution in [-0.4, -0.2) is 43.7 Å². The Bertz CT molecular complexity index is 597. The molecule has 1 aromatic carbocycles. The maximum absolute atomic E-state index is 12.5. The van der Waals surface area contributed by atoms with Crippen LogP contribution < -0.4 is 14.8 Å². The highest BCUT2D eigenvalue weighted by molar-refractivity contribution is 5.81. The molecular weight excluding hydrogens is 304 g/mol. The number of rotatable bonds is 5. The largest absolute Gasteiger partial charge is 0.493 e. The Morgan fingerprint density at radius 1 is 1.17 bits per heavy atom. The molecule has 1 fully saturated rings. The number of nitrogens with one attached hydrogen (secondary N) is 1. The second-order valence-corrected chi connectivity index (χ2v) is 6.86. The molecule has 1 atom stereocenters. The summed E-state index contributed by atoms with van der Waals surface area (Å²) in [6.45, 7) is 3.67. The molecule has 1 aliphatic carbocycles. The first-order valence-electron chi connectivity index (χ1n) is 8.90. The van der Waals surface area contributed by atoms with Gasteiger partial charge in [0, 0.05) is 19.1 Å². The lowest BCUT2D eigenvalue weighted by Gasteiger charge is -2.33. The minimum absolute atomic E-state index is 0.105. The Labute approximate surface area is 144 Å². The van der Waals surface area contributed by atoms with Gasteiger partial charge in [-0.15, -0.1) is 0 Å². The molecule has 0 spiro atoms. The lowest BCUT2D eigenvalue weighted by atomic mass is 9.97. The normalized spacial score (nSPS) is 19.6. The van der Waals surface area contributed by atoms with Gasteiger partial charge in [0.25, 0.3) is 0 Å². The van der Waals surface area contributed by atoms with Crippen LogP contribution in [0.5, 0.6) is 11.5 Å². The summed E-state index contributed by atoms with van der Waals surface area (Å²) in [7, 11) is 3.32. The summed E-state index contributed by atoms with van der Waals surface area (Å²) in [4.78, 5) is 14.8. The summed E-state index contributed by atoms with van der Waals surface area (Å²) in [6, 6.07) is 4.38. The highest BCUT2D eigenvalue weighted by Gasteiger charge is 2.28. The van der Waals surface area contributed by atoms with E-state index in [0.717, 1.165) is 43.9 Å². The predicted molar refractivity (Wildman–Crippen MR) is 93.5 cm³/mol. The summed E-state index contributed by atoms with van der Waals surface area (Å²) in [5.41, 5.74) is 2.51. The van der Waals surface area contributed by atoms with E-state index in [1.807, 2.05) is 13.0 Å². The van der Waals surface area contributed by atoms with E-state index in [9.17, 15) is 4.79 Å². The Morgan fingerprint density at radius 3 is 2.42 bits per heavy atom. The van der Waals surface area contributed by atoms with Crippen molar-refractivity contribution in [2.45, 2.75) is 57.7 Å². The van der Waals surface area contributed by atoms with Crippen molar-refractivity contribution in [2.75, 3.05) is 20.8 Å². The van der Waals surface area contributed by atoms with Gasteiger partial charge in [0.15, 0.2) is 11.5 Å². The molecule has 1 amide bonds. The number of amides is 1. The summed E-state index contributed by atoms with van der Waals surface area (Å²) in [5, 5.41) is 3.22. The van der Waals surface area contributed by atoms with E-state index in [-0.39, 0.29) is 11.9 Å². The van der Waals surface area contributed by atoms with Gasteiger partial charge in [0.2, 0.25) is 5.91 Å². The van der Waals surface area contributed by atoms with E-state index in [0.29, 0.717) is 6.04 Å². The molecule has 5 heteroatoms. The van der Waals surface area contributed by atoms with Crippen molar-refractivity contribution in [2.24, 2.45) is 0 Å². The number of benzene rings is 1. The van der Waals surface area contributed by atoms with Crippen molar-refractivity contribution in [3.05, 3.63) is 23.3 Å². The topological polar surface area (TPSA) is 50.8 Å². The number of nitrogens with zero attached hydrogens (tertiary/aromatic N) is 1. The Balaban J connectivity index is 1.68. The van der Waals surface area contributed by atoms with Crippen LogP contribution in [-0.2, 0) is 17.8 Å². The third-order valence-electron chi connectivity index (χ3n) is 5.38. The Kier molecular flexibility index (Phi) is 5.29. The average Bonchev–Trinajstić information content (AvgIpc) is 3.12. The standard InChI is InChI=1S/C19H28N2O3/c1-13(19(22)20-16-6-4-5-7-16)21-9-8-14-10-17(23-2)18(24-3)11-15(14)12-21/h10-11,13,16H,4-9,12H2,1-3H3,(H,20,22)/t13-/m1/s1. The van der Waals surface area contributed by atoms with E-state index < -0.39 is 0 Å². The van der Waals surface area contributed by atoms with Gasteiger partial charge in [0.05, 0.1) is 20.3 Å². The van der Waals surface area contributed by atoms with E-state index in [4.69, 9.17) is 9.47 Å². The number of ether oxygens (including phenoxy) is 2. The van der Waals surface area contributed by atoms with Crippen LogP contribution in [0.25, 0.3) is 0 Å². The van der Waals surface area contributed by atoms with Gasteiger partial charge >= 0.3 is 0 Å². The van der Waals surface area contributed by atoms with E-state index >= 15 is 0 Å². The molecule has 0 bridgehead atoms. The zero-order valence-electron chi connectivity index (χ0n) is 14.9. The minimum atomic E-state index is -0.105. The van der Waals surface area contributed by atoms with Gasteiger partial charge in [-0.05, 0) is 49.4 Å². The van der Waals surface area contributed by atoms with E-state index in [1.165, 1.54) is 24.0 Å². The zero-order valence-corrected chi connectivity index (χ0v) is 14.9. The van der Waals surface area contributed by atoms with Gasteiger partial charge in [-0.1, -0.05) is 12.8 Å². The molecule has 1 saturated carbocycles. The van der Waals surface area contributed by atoms with E-state index in [2.05, 4.69) is 16.3 Å². The van der Waals surface area contributed by atoms with Crippen molar-refractivity contribution >= 4 is 5.91 Å². The number of fused-ring (bicyclic) bond motifs is 1. The fourth-order valence-electron chi connectivity index (χ4n) is 3.79. The number of methoxy groups -OCH3 is 2. The molecule has 24 heavy (non-hydrogen) atoms. The molecule has 1 aliphatic heterocycles. The van der Waals surface area contributed by atoms with E-state index in [1.54, 1.807) is 14.2 Å². The van der Waals surface area contributed by atoms with Crippen molar-refractivity contribution in [1.29, 1.82) is 0 Å². The molecule has 0 radical (unpaired) electrons. The molecule has 0 unspecified atom stereocenters. The molecule has 1 heterocycles. The van der Waals surface area contributed by atoms with Crippen LogP contribution in [0.2, 0.25) is 0 Å². The van der Waals surface area contributed by atoms with Crippen LogP contribution in [0, 0.1) is 0 Å². The summed E-state index contributed by atoms with van der Waals surface area (Å²) < 4.78 is 10.8. The minimum Gasteiger partial charge on any atom is -0.493 e. The van der Waals surface area contributed by atoms with Crippen molar-refractivity contribution in [3.8, 4) is 11.5 Å². The molecule has 3 rings (SSSR count). The highest BCUT2D eigenvalue weighted by atomic mass is 16.5. The molecular formula is C19H28N2O3. The lowest BCUT2D eigenvalue weighted by molar-refractivity contribution is -0.126. The molecule has 132 valence electrons. The number of hydrogen-bond donors (Lipinski definition) is 1. The summed E-state index contributed by atoms with van der Waals surface area (Å²) in [6.07, 6.45) is 5.64. The number of carbonyl (C=O) groups excluding carboxylic acids is 1. The first kappa shape index (κ1) is 17.1. The van der Waals surface area contributed by atoms with Crippen molar-refractivity contribution in [1.82, 2.24) is 10.2 Å². The smallest absolute Gasteiger partial charge is 0.237 e. The first-order chi connectivity index (χ1) is 11.6. The molecule has 2 aliphatic rings. The molecule has 5 nitrogen and oxygen atoms in total. The Hall–Kier alpha value is -1.75. The summed E-state index contributed by atoms with van der Waals surface area (Å²) in [5.74, 6) is 1.68. The van der Waals surface area contributed by atoms with Crippen molar-refractivity contribution < 1.29 is 14.3 Å². The second kappa shape index (κ2) is 7.43. The number of carbonyl (C=O) groups is 1. The molecule has 1 aromatic rings. The van der Waals surface area contributed by atoms with Gasteiger partial charge < -0.3 is 14.8 Å². The van der Waals surface area contributed by atoms with Gasteiger partial charge in [-0.2, -0.15) is 0 Å². The fraction of sp³-hybridized carbons (Fsp3) is 0.632. The SMILES string of the molecule is COc1cc2c(cc1OC)CN([C@H](C)C(=O)NC1CCCC1)CC2. The molecule has 0 saturated heterocycles. The maximum Gasteiger partial charge on any atom is 0.237 e. The van der Waals surface area contributed by atoms with Gasteiger partial charge in [-0.25, -0.2) is 0 Å². The molecule has 1 N–H and O–H groups in total. The average molecular weight is 332 g/mol. The first-order valence-corrected chi connectivity index (χ1v) is 8.90. The monoisotopic (exact) mass is 332 g/mol. The highest BCUT2D eigenvalue weighted by Crippen LogP contribution is 2.33. The second-order valence-electron chi connectivity index (χ2n) is 6.86. The number of hydrogen-bond acceptors (Lipinski definition) is 4. The predicted octanol–water partition coefficient (Wildman–Crippen LogP) is 2.51. The van der Waals surface area contributed by atoms with Gasteiger partial charge in [-0.3, -0.25) is 9.69 Å². The molecule has 0 aromatic heterocycles. The van der Waals surface area contributed by atoms with Gasteiger partial charge in [0.1, 0.15) is 0 Å². The fourth-order valence-corrected chi connectivity index (χ4v) is 3.79. The van der Waals surface area contributed by atoms with Crippen LogP contribution in [0.4, 0.5) is 0 Å². The van der Waals surface area contributed by atoms with Crippen LogP contribution >= 0.6 is 0 Å². The third-order valence-corrected chi connectivity index (χ3v) is 5.38. The third kappa shape index (κ3) is 3.51. The van der Waals surface area contributed by atoms with Crippen molar-refractivity contribution in [3.63, 3.8) is 0 Å². The Morgan fingerprint density at radius 2 is 1.79 bits per heavy atom. The summed E-state index contributed by atoms with van der Waals surface area (Å²) >= 11 is 0. The van der Waals surface area contributed by atoms with Crippen LogP contribution in [0.1, 0.15) is 43.7 Å². The maximum atomic E-state index is 12.5. The van der Waals surface area contributed by atoms with Crippen LogP contribution in [0.3, 0.4) is 0 Å². The zero-order chi connectivity index (χ0) is 17.1. The van der Waals surface area contributed by atoms with Crippen LogP contribution in [0.15, 0.2) is 12.1 Å². The quantitative estimate of drug-likeness (QED) is 0.900. The lowest BCUT2D eigenvalue weighted by Crippen LogP contribution is -2.49.